The van der Waals surface area contributed by atoms with Crippen molar-refractivity contribution < 1.29 is 14.3 Å². The molecule has 1 rings (SSSR count). The largest absolute Gasteiger partial charge is 0.462 e. The van der Waals surface area contributed by atoms with Crippen molar-refractivity contribution in [2.24, 2.45) is 0 Å². The number of rotatable bonds is 6. The molecule has 0 aliphatic carbocycles. The summed E-state index contributed by atoms with van der Waals surface area (Å²) in [6, 6.07) is 3.68. The highest BCUT2D eigenvalue weighted by Gasteiger charge is 2.07. The van der Waals surface area contributed by atoms with Crippen molar-refractivity contribution in [2.45, 2.75) is 20.3 Å². The van der Waals surface area contributed by atoms with Gasteiger partial charge in [-0.3, -0.25) is 4.79 Å². The van der Waals surface area contributed by atoms with Crippen molar-refractivity contribution in [3.8, 4) is 0 Å². The number of hydrogen-bond acceptors (Lipinski definition) is 3. The van der Waals surface area contributed by atoms with E-state index in [1.54, 1.807) is 11.0 Å². The fourth-order valence-corrected chi connectivity index (χ4v) is 1.49. The van der Waals surface area contributed by atoms with Gasteiger partial charge in [-0.1, -0.05) is 0 Å². The molecule has 1 aromatic rings. The highest BCUT2D eigenvalue weighted by Crippen LogP contribution is 2.08. The summed E-state index contributed by atoms with van der Waals surface area (Å²) < 4.78 is 5.33. The number of aliphatic hydroxyl groups is 1. The van der Waals surface area contributed by atoms with Crippen LogP contribution in [0.25, 0.3) is 6.08 Å². The summed E-state index contributed by atoms with van der Waals surface area (Å²) in [4.78, 5) is 13.5. The Morgan fingerprint density at radius 3 is 2.82 bits per heavy atom. The standard InChI is InChI=1S/C13H19NO3/c1-3-14(9-4-10-15)13(16)8-7-12-6-5-11(2)17-12/h5-8,15H,3-4,9-10H2,1-2H3/b8-7+. The summed E-state index contributed by atoms with van der Waals surface area (Å²) in [5, 5.41) is 8.73. The number of amides is 1. The molecule has 1 heterocycles. The maximum Gasteiger partial charge on any atom is 0.246 e. The average molecular weight is 237 g/mol. The van der Waals surface area contributed by atoms with Gasteiger partial charge in [0, 0.05) is 25.8 Å². The van der Waals surface area contributed by atoms with E-state index in [0.717, 1.165) is 5.76 Å². The fourth-order valence-electron chi connectivity index (χ4n) is 1.49. The first-order valence-electron chi connectivity index (χ1n) is 5.81. The zero-order valence-corrected chi connectivity index (χ0v) is 10.3. The van der Waals surface area contributed by atoms with Crippen LogP contribution in [0.2, 0.25) is 0 Å². The van der Waals surface area contributed by atoms with Crippen LogP contribution < -0.4 is 0 Å². The number of likely N-dealkylation sites (N-methyl/N-ethyl adjacent to an activating group) is 1. The molecule has 4 nitrogen and oxygen atoms in total. The van der Waals surface area contributed by atoms with Gasteiger partial charge in [0.25, 0.3) is 0 Å². The molecule has 1 N–H and O–H groups in total. The maximum atomic E-state index is 11.8. The van der Waals surface area contributed by atoms with E-state index in [-0.39, 0.29) is 12.5 Å². The first-order valence-corrected chi connectivity index (χ1v) is 5.81. The fraction of sp³-hybridized carbons (Fsp3) is 0.462. The molecule has 0 aliphatic heterocycles. The van der Waals surface area contributed by atoms with Crippen molar-refractivity contribution in [3.63, 3.8) is 0 Å². The van der Waals surface area contributed by atoms with E-state index in [4.69, 9.17) is 9.52 Å². The third-order valence-corrected chi connectivity index (χ3v) is 2.43. The third-order valence-electron chi connectivity index (χ3n) is 2.43. The van der Waals surface area contributed by atoms with Crippen LogP contribution in [0, 0.1) is 6.92 Å². The molecule has 0 unspecified atom stereocenters. The Bertz CT molecular complexity index is 382. The molecular formula is C13H19NO3. The molecule has 0 saturated heterocycles. The minimum atomic E-state index is -0.0602. The first kappa shape index (κ1) is 13.5. The van der Waals surface area contributed by atoms with Crippen LogP contribution in [0.3, 0.4) is 0 Å². The van der Waals surface area contributed by atoms with Crippen molar-refractivity contribution in [2.75, 3.05) is 19.7 Å². The Morgan fingerprint density at radius 2 is 2.29 bits per heavy atom. The number of furan rings is 1. The van der Waals surface area contributed by atoms with Gasteiger partial charge in [0.1, 0.15) is 11.5 Å². The Morgan fingerprint density at radius 1 is 1.53 bits per heavy atom. The van der Waals surface area contributed by atoms with Crippen LogP contribution >= 0.6 is 0 Å². The molecule has 1 amide bonds. The first-order chi connectivity index (χ1) is 8.17. The average Bonchev–Trinajstić information content (AvgIpc) is 2.73. The maximum absolute atomic E-state index is 11.8. The number of aryl methyl sites for hydroxylation is 1. The second-order valence-electron chi connectivity index (χ2n) is 3.78. The topological polar surface area (TPSA) is 53.7 Å². The van der Waals surface area contributed by atoms with E-state index >= 15 is 0 Å². The van der Waals surface area contributed by atoms with E-state index in [1.807, 2.05) is 26.0 Å². The Kier molecular flexibility index (Phi) is 5.49. The molecule has 0 atom stereocenters. The molecular weight excluding hydrogens is 218 g/mol. The molecule has 17 heavy (non-hydrogen) atoms. The molecule has 0 saturated carbocycles. The van der Waals surface area contributed by atoms with Crippen LogP contribution in [-0.4, -0.2) is 35.6 Å². The molecule has 0 radical (unpaired) electrons. The number of hydrogen-bond donors (Lipinski definition) is 1. The van der Waals surface area contributed by atoms with Crippen LogP contribution in [0.1, 0.15) is 24.9 Å². The van der Waals surface area contributed by atoms with E-state index in [0.29, 0.717) is 25.3 Å². The van der Waals surface area contributed by atoms with Gasteiger partial charge in [-0.25, -0.2) is 0 Å². The summed E-state index contributed by atoms with van der Waals surface area (Å²) in [6.45, 7) is 5.09. The quantitative estimate of drug-likeness (QED) is 0.768. The Hall–Kier alpha value is -1.55. The zero-order chi connectivity index (χ0) is 12.7. The minimum absolute atomic E-state index is 0.0602. The van der Waals surface area contributed by atoms with Crippen LogP contribution in [0.5, 0.6) is 0 Å². The van der Waals surface area contributed by atoms with Crippen molar-refractivity contribution in [1.29, 1.82) is 0 Å². The van der Waals surface area contributed by atoms with Crippen LogP contribution in [0.15, 0.2) is 22.6 Å². The smallest absolute Gasteiger partial charge is 0.246 e. The normalized spacial score (nSPS) is 11.0. The molecule has 0 aliphatic rings. The van der Waals surface area contributed by atoms with E-state index in [9.17, 15) is 4.79 Å². The van der Waals surface area contributed by atoms with Gasteiger partial charge in [0.15, 0.2) is 0 Å². The lowest BCUT2D eigenvalue weighted by Crippen LogP contribution is -2.30. The highest BCUT2D eigenvalue weighted by atomic mass is 16.3. The highest BCUT2D eigenvalue weighted by molar-refractivity contribution is 5.91. The van der Waals surface area contributed by atoms with Gasteiger partial charge in [-0.15, -0.1) is 0 Å². The number of nitrogens with zero attached hydrogens (tertiary/aromatic N) is 1. The lowest BCUT2D eigenvalue weighted by Gasteiger charge is -2.18. The summed E-state index contributed by atoms with van der Waals surface area (Å²) >= 11 is 0. The third kappa shape index (κ3) is 4.44. The predicted molar refractivity (Wildman–Crippen MR) is 66.4 cm³/mol. The number of carbonyl (C=O) groups excluding carboxylic acids is 1. The SMILES string of the molecule is CCN(CCCO)C(=O)/C=C/c1ccc(C)o1. The van der Waals surface area contributed by atoms with Gasteiger partial charge in [-0.2, -0.15) is 0 Å². The number of aliphatic hydroxyl groups excluding tert-OH is 1. The zero-order valence-electron chi connectivity index (χ0n) is 10.3. The van der Waals surface area contributed by atoms with Crippen molar-refractivity contribution in [1.82, 2.24) is 4.90 Å². The lowest BCUT2D eigenvalue weighted by atomic mass is 10.3. The summed E-state index contributed by atoms with van der Waals surface area (Å²) in [5.41, 5.74) is 0. The summed E-state index contributed by atoms with van der Waals surface area (Å²) in [5.74, 6) is 1.44. The van der Waals surface area contributed by atoms with Gasteiger partial charge in [0.2, 0.25) is 5.91 Å². The molecule has 0 bridgehead atoms. The second kappa shape index (κ2) is 6.91. The molecule has 1 aromatic heterocycles. The summed E-state index contributed by atoms with van der Waals surface area (Å²) in [7, 11) is 0. The van der Waals surface area contributed by atoms with Gasteiger partial charge >= 0.3 is 0 Å². The Balaban J connectivity index is 2.54. The number of carbonyl (C=O) groups is 1. The molecule has 0 spiro atoms. The Labute approximate surface area is 102 Å². The van der Waals surface area contributed by atoms with E-state index in [2.05, 4.69) is 0 Å². The predicted octanol–water partition coefficient (Wildman–Crippen LogP) is 1.83. The molecule has 94 valence electrons. The second-order valence-corrected chi connectivity index (χ2v) is 3.78. The monoisotopic (exact) mass is 237 g/mol. The van der Waals surface area contributed by atoms with E-state index in [1.165, 1.54) is 6.08 Å². The molecule has 0 fully saturated rings. The molecule has 0 aromatic carbocycles. The van der Waals surface area contributed by atoms with Gasteiger partial charge in [-0.05, 0) is 38.5 Å². The van der Waals surface area contributed by atoms with Gasteiger partial charge < -0.3 is 14.4 Å². The van der Waals surface area contributed by atoms with Crippen molar-refractivity contribution in [3.05, 3.63) is 29.7 Å². The molecule has 4 heteroatoms. The van der Waals surface area contributed by atoms with Crippen LogP contribution in [0.4, 0.5) is 0 Å². The van der Waals surface area contributed by atoms with Crippen LogP contribution in [-0.2, 0) is 4.79 Å². The van der Waals surface area contributed by atoms with Gasteiger partial charge in [0.05, 0.1) is 0 Å². The lowest BCUT2D eigenvalue weighted by molar-refractivity contribution is -0.125. The summed E-state index contributed by atoms with van der Waals surface area (Å²) in [6.07, 6.45) is 3.77. The van der Waals surface area contributed by atoms with Crippen molar-refractivity contribution >= 4 is 12.0 Å². The van der Waals surface area contributed by atoms with E-state index < -0.39 is 0 Å². The minimum Gasteiger partial charge on any atom is -0.462 e.